The Morgan fingerprint density at radius 1 is 1.00 bits per heavy atom. The van der Waals surface area contributed by atoms with Crippen LogP contribution in [-0.2, 0) is 11.2 Å². The van der Waals surface area contributed by atoms with E-state index in [1.165, 1.54) is 0 Å². The number of fused-ring (bicyclic) bond motifs is 1. The van der Waals surface area contributed by atoms with Crippen molar-refractivity contribution < 1.29 is 4.79 Å². The summed E-state index contributed by atoms with van der Waals surface area (Å²) in [5.41, 5.74) is 9.01. The van der Waals surface area contributed by atoms with Gasteiger partial charge in [0.15, 0.2) is 0 Å². The minimum atomic E-state index is -0.573. The summed E-state index contributed by atoms with van der Waals surface area (Å²) in [4.78, 5) is 12.5. The third kappa shape index (κ3) is 3.41. The monoisotopic (exact) mass is 304 g/mol. The molecule has 0 aliphatic rings. The Morgan fingerprint density at radius 3 is 2.48 bits per heavy atom. The van der Waals surface area contributed by atoms with Gasteiger partial charge in [-0.2, -0.15) is 0 Å². The third-order valence-corrected chi connectivity index (χ3v) is 4.02. The highest BCUT2D eigenvalue weighted by Gasteiger charge is 2.16. The number of hydrogen-bond donors (Lipinski definition) is 2. The number of hydrogen-bond acceptors (Lipinski definition) is 2. The van der Waals surface area contributed by atoms with Gasteiger partial charge in [0.25, 0.3) is 0 Å². The molecule has 0 saturated carbocycles. The van der Waals surface area contributed by atoms with Crippen LogP contribution in [0.3, 0.4) is 0 Å². The lowest BCUT2D eigenvalue weighted by atomic mass is 10.0. The van der Waals surface area contributed by atoms with Crippen molar-refractivity contribution in [2.24, 2.45) is 5.73 Å². The van der Waals surface area contributed by atoms with Crippen molar-refractivity contribution in [3.05, 3.63) is 77.9 Å². The van der Waals surface area contributed by atoms with Gasteiger partial charge in [-0.15, -0.1) is 0 Å². The Labute approximate surface area is 136 Å². The molecule has 23 heavy (non-hydrogen) atoms. The van der Waals surface area contributed by atoms with E-state index in [-0.39, 0.29) is 5.91 Å². The van der Waals surface area contributed by atoms with Crippen LogP contribution in [0.25, 0.3) is 10.8 Å². The molecule has 3 heteroatoms. The van der Waals surface area contributed by atoms with Gasteiger partial charge in [0, 0.05) is 5.39 Å². The lowest BCUT2D eigenvalue weighted by molar-refractivity contribution is -0.117. The van der Waals surface area contributed by atoms with Gasteiger partial charge in [-0.1, -0.05) is 66.7 Å². The molecule has 0 unspecified atom stereocenters. The smallest absolute Gasteiger partial charge is 0.241 e. The molecule has 0 aliphatic carbocycles. The highest BCUT2D eigenvalue weighted by molar-refractivity contribution is 6.05. The van der Waals surface area contributed by atoms with E-state index in [2.05, 4.69) is 11.4 Å². The predicted molar refractivity (Wildman–Crippen MR) is 95.4 cm³/mol. The average molecular weight is 304 g/mol. The largest absolute Gasteiger partial charge is 0.324 e. The first kappa shape index (κ1) is 15.3. The van der Waals surface area contributed by atoms with E-state index in [0.717, 1.165) is 27.6 Å². The van der Waals surface area contributed by atoms with Crippen molar-refractivity contribution in [3.8, 4) is 0 Å². The van der Waals surface area contributed by atoms with E-state index in [9.17, 15) is 4.79 Å². The first-order chi connectivity index (χ1) is 11.1. The van der Waals surface area contributed by atoms with Crippen LogP contribution in [0.4, 0.5) is 5.69 Å². The predicted octanol–water partition coefficient (Wildman–Crippen LogP) is 3.66. The number of rotatable bonds is 4. The van der Waals surface area contributed by atoms with Crippen molar-refractivity contribution in [1.82, 2.24) is 0 Å². The topological polar surface area (TPSA) is 55.1 Å². The quantitative estimate of drug-likeness (QED) is 0.773. The number of amides is 1. The lowest BCUT2D eigenvalue weighted by Gasteiger charge is -2.16. The van der Waals surface area contributed by atoms with Crippen LogP contribution in [0.2, 0.25) is 0 Å². The average Bonchev–Trinajstić information content (AvgIpc) is 2.58. The molecule has 0 radical (unpaired) electrons. The summed E-state index contributed by atoms with van der Waals surface area (Å²) in [6.07, 6.45) is 0.524. The second-order valence-corrected chi connectivity index (χ2v) is 5.76. The van der Waals surface area contributed by atoms with Crippen molar-refractivity contribution in [2.45, 2.75) is 19.4 Å². The van der Waals surface area contributed by atoms with E-state index < -0.39 is 6.04 Å². The first-order valence-electron chi connectivity index (χ1n) is 7.74. The number of anilines is 1. The molecule has 3 rings (SSSR count). The molecule has 0 saturated heterocycles. The van der Waals surface area contributed by atoms with Gasteiger partial charge < -0.3 is 11.1 Å². The summed E-state index contributed by atoms with van der Waals surface area (Å²) in [7, 11) is 0. The summed E-state index contributed by atoms with van der Waals surface area (Å²) < 4.78 is 0. The molecule has 3 nitrogen and oxygen atoms in total. The van der Waals surface area contributed by atoms with Crippen LogP contribution in [0, 0.1) is 6.92 Å². The van der Waals surface area contributed by atoms with E-state index >= 15 is 0 Å². The Balaban J connectivity index is 1.81. The Morgan fingerprint density at radius 2 is 1.70 bits per heavy atom. The molecule has 3 aromatic carbocycles. The zero-order valence-corrected chi connectivity index (χ0v) is 13.1. The van der Waals surface area contributed by atoms with Gasteiger partial charge in [-0.05, 0) is 29.9 Å². The summed E-state index contributed by atoms with van der Waals surface area (Å²) in [5, 5.41) is 5.15. The number of benzene rings is 3. The zero-order chi connectivity index (χ0) is 16.2. The maximum absolute atomic E-state index is 12.5. The van der Waals surface area contributed by atoms with E-state index in [4.69, 9.17) is 5.73 Å². The Kier molecular flexibility index (Phi) is 4.40. The first-order valence-corrected chi connectivity index (χ1v) is 7.74. The standard InChI is InChI=1S/C20H20N2O/c1-14-11-12-16-9-5-6-10-17(16)19(14)22-20(23)18(21)13-15-7-3-2-4-8-15/h2-12,18H,13,21H2,1H3,(H,22,23)/t18-/m0/s1. The minimum absolute atomic E-state index is 0.159. The summed E-state index contributed by atoms with van der Waals surface area (Å²) in [5.74, 6) is -0.159. The summed E-state index contributed by atoms with van der Waals surface area (Å²) in [6.45, 7) is 1.99. The molecule has 3 N–H and O–H groups in total. The number of aryl methyl sites for hydroxylation is 1. The molecular formula is C20H20N2O. The molecule has 0 fully saturated rings. The van der Waals surface area contributed by atoms with E-state index in [1.54, 1.807) is 0 Å². The van der Waals surface area contributed by atoms with Gasteiger partial charge in [0.05, 0.1) is 11.7 Å². The molecule has 0 aromatic heterocycles. The SMILES string of the molecule is Cc1ccc2ccccc2c1NC(=O)[C@@H](N)Cc1ccccc1. The van der Waals surface area contributed by atoms with Gasteiger partial charge in [0.2, 0.25) is 5.91 Å². The lowest BCUT2D eigenvalue weighted by Crippen LogP contribution is -2.37. The number of carbonyl (C=O) groups excluding carboxylic acids is 1. The molecular weight excluding hydrogens is 284 g/mol. The third-order valence-electron chi connectivity index (χ3n) is 4.02. The number of carbonyl (C=O) groups is 1. The fourth-order valence-electron chi connectivity index (χ4n) is 2.72. The van der Waals surface area contributed by atoms with Crippen LogP contribution < -0.4 is 11.1 Å². The number of nitrogens with one attached hydrogen (secondary N) is 1. The van der Waals surface area contributed by atoms with Gasteiger partial charge in [0.1, 0.15) is 0 Å². The fraction of sp³-hybridized carbons (Fsp3) is 0.150. The fourth-order valence-corrected chi connectivity index (χ4v) is 2.72. The Hall–Kier alpha value is -2.65. The highest BCUT2D eigenvalue weighted by atomic mass is 16.2. The van der Waals surface area contributed by atoms with Gasteiger partial charge >= 0.3 is 0 Å². The second-order valence-electron chi connectivity index (χ2n) is 5.76. The number of nitrogens with two attached hydrogens (primary N) is 1. The summed E-state index contributed by atoms with van der Waals surface area (Å²) >= 11 is 0. The molecule has 1 atom stereocenters. The molecule has 0 aliphatic heterocycles. The molecule has 0 spiro atoms. The Bertz CT molecular complexity index is 827. The van der Waals surface area contributed by atoms with Crippen LogP contribution in [0.1, 0.15) is 11.1 Å². The van der Waals surface area contributed by atoms with Crippen LogP contribution in [-0.4, -0.2) is 11.9 Å². The van der Waals surface area contributed by atoms with Crippen molar-refractivity contribution in [2.75, 3.05) is 5.32 Å². The normalized spacial score (nSPS) is 12.1. The molecule has 116 valence electrons. The minimum Gasteiger partial charge on any atom is -0.324 e. The van der Waals surface area contributed by atoms with Crippen LogP contribution in [0.15, 0.2) is 66.7 Å². The maximum Gasteiger partial charge on any atom is 0.241 e. The zero-order valence-electron chi connectivity index (χ0n) is 13.1. The molecule has 0 bridgehead atoms. The van der Waals surface area contributed by atoms with E-state index in [1.807, 2.05) is 67.6 Å². The van der Waals surface area contributed by atoms with Crippen LogP contribution >= 0.6 is 0 Å². The molecule has 3 aromatic rings. The summed E-state index contributed by atoms with van der Waals surface area (Å²) in [6, 6.07) is 21.3. The van der Waals surface area contributed by atoms with E-state index in [0.29, 0.717) is 6.42 Å². The van der Waals surface area contributed by atoms with Crippen molar-refractivity contribution in [1.29, 1.82) is 0 Å². The van der Waals surface area contributed by atoms with Crippen LogP contribution in [0.5, 0.6) is 0 Å². The molecule has 0 heterocycles. The van der Waals surface area contributed by atoms with Crippen molar-refractivity contribution >= 4 is 22.4 Å². The molecule has 1 amide bonds. The highest BCUT2D eigenvalue weighted by Crippen LogP contribution is 2.27. The van der Waals surface area contributed by atoms with Gasteiger partial charge in [-0.3, -0.25) is 4.79 Å². The second kappa shape index (κ2) is 6.63. The van der Waals surface area contributed by atoms with Crippen molar-refractivity contribution in [3.63, 3.8) is 0 Å². The van der Waals surface area contributed by atoms with Gasteiger partial charge in [-0.25, -0.2) is 0 Å². The maximum atomic E-state index is 12.5.